The normalized spacial score (nSPS) is 19.4. The van der Waals surface area contributed by atoms with Gasteiger partial charge in [0.15, 0.2) is 0 Å². The van der Waals surface area contributed by atoms with Gasteiger partial charge >= 0.3 is 5.97 Å². The molecule has 1 N–H and O–H groups in total. The third-order valence-electron chi connectivity index (χ3n) is 3.80. The molecule has 1 saturated heterocycles. The zero-order chi connectivity index (χ0) is 13.8. The lowest BCUT2D eigenvalue weighted by Crippen LogP contribution is -2.41. The average Bonchev–Trinajstić information content (AvgIpc) is 2.87. The molecular formula is C14H20N2O3. The maximum Gasteiger partial charge on any atom is 0.352 e. The number of carbonyl (C=O) groups is 2. The highest BCUT2D eigenvalue weighted by molar-refractivity contribution is 5.86. The Labute approximate surface area is 112 Å². The number of likely N-dealkylation sites (tertiary alicyclic amines) is 1. The van der Waals surface area contributed by atoms with Crippen LogP contribution in [0.4, 0.5) is 0 Å². The monoisotopic (exact) mass is 264 g/mol. The van der Waals surface area contributed by atoms with Crippen molar-refractivity contribution < 1.29 is 14.7 Å². The number of piperidine rings is 1. The van der Waals surface area contributed by atoms with Gasteiger partial charge in [-0.05, 0) is 30.9 Å². The standard InChI is InChI=1S/C14H20N2O3/c1-2-11-5-3-8-16(9-11)13(17)10-15-7-4-6-12(15)14(18)19/h4,6-7,11H,2-3,5,8-10H2,1H3,(H,18,19). The van der Waals surface area contributed by atoms with E-state index in [9.17, 15) is 9.59 Å². The summed E-state index contributed by atoms with van der Waals surface area (Å²) in [5.41, 5.74) is 0.164. The maximum absolute atomic E-state index is 12.2. The van der Waals surface area contributed by atoms with Gasteiger partial charge < -0.3 is 14.6 Å². The van der Waals surface area contributed by atoms with Crippen LogP contribution >= 0.6 is 0 Å². The van der Waals surface area contributed by atoms with Crippen molar-refractivity contribution in [2.75, 3.05) is 13.1 Å². The first kappa shape index (κ1) is 13.6. The summed E-state index contributed by atoms with van der Waals surface area (Å²) in [4.78, 5) is 25.1. The molecule has 1 atom stereocenters. The van der Waals surface area contributed by atoms with Crippen molar-refractivity contribution in [3.63, 3.8) is 0 Å². The van der Waals surface area contributed by atoms with E-state index in [0.29, 0.717) is 5.92 Å². The van der Waals surface area contributed by atoms with E-state index in [1.807, 2.05) is 4.90 Å². The fourth-order valence-corrected chi connectivity index (χ4v) is 2.62. The molecule has 1 aromatic rings. The summed E-state index contributed by atoms with van der Waals surface area (Å²) in [6.07, 6.45) is 4.96. The number of rotatable bonds is 4. The minimum atomic E-state index is -0.997. The van der Waals surface area contributed by atoms with Crippen LogP contribution in [0.15, 0.2) is 18.3 Å². The molecule has 5 nitrogen and oxygen atoms in total. The third-order valence-corrected chi connectivity index (χ3v) is 3.80. The van der Waals surface area contributed by atoms with Gasteiger partial charge in [0.1, 0.15) is 12.2 Å². The molecule has 0 spiro atoms. The number of aromatic carboxylic acids is 1. The second-order valence-corrected chi connectivity index (χ2v) is 5.08. The molecule has 1 aliphatic heterocycles. The predicted octanol–water partition coefficient (Wildman–Crippen LogP) is 1.83. The van der Waals surface area contributed by atoms with Crippen LogP contribution in [-0.2, 0) is 11.3 Å². The highest BCUT2D eigenvalue weighted by Crippen LogP contribution is 2.19. The van der Waals surface area contributed by atoms with Crippen molar-refractivity contribution in [1.29, 1.82) is 0 Å². The number of carbonyl (C=O) groups excluding carboxylic acids is 1. The number of carboxylic acids is 1. The number of nitrogens with zero attached hydrogens (tertiary/aromatic N) is 2. The molecule has 0 saturated carbocycles. The largest absolute Gasteiger partial charge is 0.477 e. The van der Waals surface area contributed by atoms with Crippen molar-refractivity contribution in [2.24, 2.45) is 5.92 Å². The first-order chi connectivity index (χ1) is 9.11. The summed E-state index contributed by atoms with van der Waals surface area (Å²) < 4.78 is 1.50. The molecule has 0 bridgehead atoms. The van der Waals surface area contributed by atoms with Gasteiger partial charge in [-0.3, -0.25) is 4.79 Å². The number of aromatic nitrogens is 1. The topological polar surface area (TPSA) is 62.5 Å². The molecular weight excluding hydrogens is 244 g/mol. The second kappa shape index (κ2) is 5.91. The number of hydrogen-bond donors (Lipinski definition) is 1. The number of amides is 1. The van der Waals surface area contributed by atoms with Crippen molar-refractivity contribution >= 4 is 11.9 Å². The number of hydrogen-bond acceptors (Lipinski definition) is 2. The Bertz CT molecular complexity index is 467. The van der Waals surface area contributed by atoms with Crippen LogP contribution in [-0.4, -0.2) is 39.5 Å². The van der Waals surface area contributed by atoms with Gasteiger partial charge in [0.05, 0.1) is 0 Å². The predicted molar refractivity (Wildman–Crippen MR) is 71.0 cm³/mol. The van der Waals surface area contributed by atoms with Crippen LogP contribution in [0.25, 0.3) is 0 Å². The zero-order valence-electron chi connectivity index (χ0n) is 11.2. The minimum Gasteiger partial charge on any atom is -0.477 e. The Kier molecular flexibility index (Phi) is 4.24. The van der Waals surface area contributed by atoms with E-state index in [1.54, 1.807) is 12.3 Å². The van der Waals surface area contributed by atoms with Crippen LogP contribution in [0.2, 0.25) is 0 Å². The van der Waals surface area contributed by atoms with Gasteiger partial charge in [-0.25, -0.2) is 4.79 Å². The fraction of sp³-hybridized carbons (Fsp3) is 0.571. The molecule has 1 aromatic heterocycles. The minimum absolute atomic E-state index is 0.0110. The third kappa shape index (κ3) is 3.16. The van der Waals surface area contributed by atoms with Gasteiger partial charge in [-0.2, -0.15) is 0 Å². The van der Waals surface area contributed by atoms with Crippen LogP contribution in [0.3, 0.4) is 0 Å². The zero-order valence-corrected chi connectivity index (χ0v) is 11.2. The molecule has 0 radical (unpaired) electrons. The molecule has 0 aromatic carbocycles. The maximum atomic E-state index is 12.2. The molecule has 2 heterocycles. The SMILES string of the molecule is CCC1CCCN(C(=O)Cn2cccc2C(=O)O)C1. The van der Waals surface area contributed by atoms with E-state index >= 15 is 0 Å². The van der Waals surface area contributed by atoms with Crippen LogP contribution in [0, 0.1) is 5.92 Å². The Hall–Kier alpha value is -1.78. The lowest BCUT2D eigenvalue weighted by Gasteiger charge is -2.32. The molecule has 2 rings (SSSR count). The molecule has 1 aliphatic rings. The highest BCUT2D eigenvalue weighted by atomic mass is 16.4. The molecule has 104 valence electrons. The van der Waals surface area contributed by atoms with Crippen molar-refractivity contribution in [1.82, 2.24) is 9.47 Å². The van der Waals surface area contributed by atoms with E-state index in [0.717, 1.165) is 25.9 Å². The Balaban J connectivity index is 2.00. The van der Waals surface area contributed by atoms with Crippen LogP contribution < -0.4 is 0 Å². The van der Waals surface area contributed by atoms with Gasteiger partial charge in [-0.15, -0.1) is 0 Å². The summed E-state index contributed by atoms with van der Waals surface area (Å²) in [6.45, 7) is 3.86. The van der Waals surface area contributed by atoms with Gasteiger partial charge in [0, 0.05) is 19.3 Å². The summed E-state index contributed by atoms with van der Waals surface area (Å²) in [6, 6.07) is 3.17. The van der Waals surface area contributed by atoms with Gasteiger partial charge in [0.25, 0.3) is 0 Å². The fourth-order valence-electron chi connectivity index (χ4n) is 2.62. The molecule has 19 heavy (non-hydrogen) atoms. The van der Waals surface area contributed by atoms with Crippen LogP contribution in [0.5, 0.6) is 0 Å². The summed E-state index contributed by atoms with van der Waals surface area (Å²) in [5, 5.41) is 9.01. The Morgan fingerprint density at radius 2 is 2.26 bits per heavy atom. The summed E-state index contributed by atoms with van der Waals surface area (Å²) >= 11 is 0. The smallest absolute Gasteiger partial charge is 0.352 e. The number of carboxylic acid groups (broad SMARTS) is 1. The first-order valence-electron chi connectivity index (χ1n) is 6.78. The highest BCUT2D eigenvalue weighted by Gasteiger charge is 2.23. The lowest BCUT2D eigenvalue weighted by atomic mass is 9.96. The molecule has 0 aliphatic carbocycles. The van der Waals surface area contributed by atoms with Gasteiger partial charge in [0.2, 0.25) is 5.91 Å². The Morgan fingerprint density at radius 3 is 2.95 bits per heavy atom. The Morgan fingerprint density at radius 1 is 1.47 bits per heavy atom. The molecule has 5 heteroatoms. The lowest BCUT2D eigenvalue weighted by molar-refractivity contribution is -0.133. The van der Waals surface area contributed by atoms with E-state index < -0.39 is 5.97 Å². The summed E-state index contributed by atoms with van der Waals surface area (Å²) in [5.74, 6) is -0.402. The summed E-state index contributed by atoms with van der Waals surface area (Å²) in [7, 11) is 0. The van der Waals surface area contributed by atoms with Crippen molar-refractivity contribution in [2.45, 2.75) is 32.7 Å². The van der Waals surface area contributed by atoms with E-state index in [2.05, 4.69) is 6.92 Å². The van der Waals surface area contributed by atoms with E-state index in [4.69, 9.17) is 5.11 Å². The second-order valence-electron chi connectivity index (χ2n) is 5.08. The average molecular weight is 264 g/mol. The molecule has 1 unspecified atom stereocenters. The first-order valence-corrected chi connectivity index (χ1v) is 6.78. The van der Waals surface area contributed by atoms with Crippen LogP contribution in [0.1, 0.15) is 36.7 Å². The van der Waals surface area contributed by atoms with Gasteiger partial charge in [-0.1, -0.05) is 13.3 Å². The quantitative estimate of drug-likeness (QED) is 0.902. The van der Waals surface area contributed by atoms with Crippen molar-refractivity contribution in [3.8, 4) is 0 Å². The molecule has 1 amide bonds. The van der Waals surface area contributed by atoms with E-state index in [1.165, 1.54) is 17.1 Å². The van der Waals surface area contributed by atoms with E-state index in [-0.39, 0.29) is 18.1 Å². The molecule has 1 fully saturated rings. The van der Waals surface area contributed by atoms with Crippen molar-refractivity contribution in [3.05, 3.63) is 24.0 Å².